The second-order valence-electron chi connectivity index (χ2n) is 5.42. The van der Waals surface area contributed by atoms with E-state index in [1.165, 1.54) is 19.3 Å². The molecule has 1 aromatic heterocycles. The van der Waals surface area contributed by atoms with E-state index in [0.717, 1.165) is 50.0 Å². The SMILES string of the molecule is CCCNCc1ccc(N2CCCC(CC)C2)nn1. The maximum absolute atomic E-state index is 4.39. The third-order valence-corrected chi connectivity index (χ3v) is 3.86. The van der Waals surface area contributed by atoms with Gasteiger partial charge in [-0.1, -0.05) is 20.3 Å². The second-order valence-corrected chi connectivity index (χ2v) is 5.42. The molecule has 0 aromatic carbocycles. The summed E-state index contributed by atoms with van der Waals surface area (Å²) in [6, 6.07) is 4.22. The Morgan fingerprint density at radius 3 is 2.89 bits per heavy atom. The van der Waals surface area contributed by atoms with Crippen molar-refractivity contribution in [3.63, 3.8) is 0 Å². The minimum absolute atomic E-state index is 0.818. The summed E-state index contributed by atoms with van der Waals surface area (Å²) in [6.45, 7) is 8.56. The van der Waals surface area contributed by atoms with Crippen LogP contribution < -0.4 is 10.2 Å². The molecule has 1 saturated heterocycles. The number of rotatable bonds is 6. The van der Waals surface area contributed by atoms with Gasteiger partial charge >= 0.3 is 0 Å². The van der Waals surface area contributed by atoms with Crippen molar-refractivity contribution in [2.45, 2.75) is 46.1 Å². The van der Waals surface area contributed by atoms with E-state index in [1.54, 1.807) is 0 Å². The van der Waals surface area contributed by atoms with Crippen LogP contribution in [0.1, 0.15) is 45.2 Å². The largest absolute Gasteiger partial charge is 0.355 e. The first-order valence-corrected chi connectivity index (χ1v) is 7.61. The lowest BCUT2D eigenvalue weighted by atomic mass is 9.96. The van der Waals surface area contributed by atoms with Gasteiger partial charge in [-0.15, -0.1) is 5.10 Å². The Balaban J connectivity index is 1.90. The molecule has 4 heteroatoms. The fourth-order valence-corrected chi connectivity index (χ4v) is 2.62. The van der Waals surface area contributed by atoms with Crippen molar-refractivity contribution in [3.8, 4) is 0 Å². The Kier molecular flexibility index (Phi) is 5.58. The normalized spacial score (nSPS) is 19.7. The average molecular weight is 262 g/mol. The molecule has 1 N–H and O–H groups in total. The number of nitrogens with zero attached hydrogens (tertiary/aromatic N) is 3. The van der Waals surface area contributed by atoms with Crippen LogP contribution >= 0.6 is 0 Å². The molecule has 0 saturated carbocycles. The van der Waals surface area contributed by atoms with Gasteiger partial charge in [-0.3, -0.25) is 0 Å². The molecular weight excluding hydrogens is 236 g/mol. The summed E-state index contributed by atoms with van der Waals surface area (Å²) in [7, 11) is 0. The highest BCUT2D eigenvalue weighted by Gasteiger charge is 2.19. The van der Waals surface area contributed by atoms with Gasteiger partial charge in [0.2, 0.25) is 0 Å². The molecule has 1 aliphatic heterocycles. The molecule has 1 aliphatic rings. The van der Waals surface area contributed by atoms with E-state index in [9.17, 15) is 0 Å². The number of aromatic nitrogens is 2. The monoisotopic (exact) mass is 262 g/mol. The molecule has 106 valence electrons. The minimum atomic E-state index is 0.818. The molecule has 0 spiro atoms. The molecule has 0 aliphatic carbocycles. The number of nitrogens with one attached hydrogen (secondary N) is 1. The molecule has 1 fully saturated rings. The summed E-state index contributed by atoms with van der Waals surface area (Å²) in [5, 5.41) is 12.1. The zero-order valence-electron chi connectivity index (χ0n) is 12.2. The van der Waals surface area contributed by atoms with Gasteiger partial charge in [0.15, 0.2) is 5.82 Å². The van der Waals surface area contributed by atoms with Crippen molar-refractivity contribution in [3.05, 3.63) is 17.8 Å². The van der Waals surface area contributed by atoms with E-state index in [2.05, 4.69) is 46.4 Å². The minimum Gasteiger partial charge on any atom is -0.355 e. The van der Waals surface area contributed by atoms with E-state index in [1.807, 2.05) is 0 Å². The predicted molar refractivity (Wildman–Crippen MR) is 79.3 cm³/mol. The first-order chi connectivity index (χ1) is 9.33. The van der Waals surface area contributed by atoms with Crippen molar-refractivity contribution >= 4 is 5.82 Å². The summed E-state index contributed by atoms with van der Waals surface area (Å²) in [5.41, 5.74) is 1.03. The third-order valence-electron chi connectivity index (χ3n) is 3.86. The van der Waals surface area contributed by atoms with Gasteiger partial charge in [-0.2, -0.15) is 5.10 Å². The van der Waals surface area contributed by atoms with Crippen LogP contribution in [0.25, 0.3) is 0 Å². The maximum Gasteiger partial charge on any atom is 0.151 e. The number of hydrogen-bond acceptors (Lipinski definition) is 4. The summed E-state index contributed by atoms with van der Waals surface area (Å²) in [4.78, 5) is 2.38. The zero-order valence-corrected chi connectivity index (χ0v) is 12.2. The quantitative estimate of drug-likeness (QED) is 0.800. The van der Waals surface area contributed by atoms with Crippen LogP contribution in [0, 0.1) is 5.92 Å². The van der Waals surface area contributed by atoms with Crippen LogP contribution in [0.5, 0.6) is 0 Å². The summed E-state index contributed by atoms with van der Waals surface area (Å²) in [5.74, 6) is 1.86. The Bertz CT molecular complexity index is 363. The molecule has 1 unspecified atom stereocenters. The molecule has 2 heterocycles. The van der Waals surface area contributed by atoms with E-state index in [4.69, 9.17) is 0 Å². The predicted octanol–water partition coefficient (Wildman–Crippen LogP) is 2.60. The van der Waals surface area contributed by atoms with Crippen LogP contribution in [0.2, 0.25) is 0 Å². The summed E-state index contributed by atoms with van der Waals surface area (Å²) >= 11 is 0. The molecular formula is C15H26N4. The molecule has 1 aromatic rings. The lowest BCUT2D eigenvalue weighted by Gasteiger charge is -2.32. The topological polar surface area (TPSA) is 41.0 Å². The van der Waals surface area contributed by atoms with Crippen LogP contribution in [-0.4, -0.2) is 29.8 Å². The maximum atomic E-state index is 4.39. The van der Waals surface area contributed by atoms with Crippen LogP contribution in [0.4, 0.5) is 5.82 Å². The van der Waals surface area contributed by atoms with E-state index in [0.29, 0.717) is 0 Å². The van der Waals surface area contributed by atoms with Gasteiger partial charge in [0.25, 0.3) is 0 Å². The summed E-state index contributed by atoms with van der Waals surface area (Å²) in [6.07, 6.45) is 5.06. The van der Waals surface area contributed by atoms with Gasteiger partial charge in [-0.25, -0.2) is 0 Å². The highest BCUT2D eigenvalue weighted by Crippen LogP contribution is 2.22. The average Bonchev–Trinajstić information content (AvgIpc) is 2.48. The van der Waals surface area contributed by atoms with E-state index < -0.39 is 0 Å². The Labute approximate surface area is 116 Å². The lowest BCUT2D eigenvalue weighted by molar-refractivity contribution is 0.402. The van der Waals surface area contributed by atoms with Crippen molar-refractivity contribution < 1.29 is 0 Å². The number of anilines is 1. The smallest absolute Gasteiger partial charge is 0.151 e. The Hall–Kier alpha value is -1.16. The highest BCUT2D eigenvalue weighted by atomic mass is 15.3. The van der Waals surface area contributed by atoms with Crippen molar-refractivity contribution in [1.29, 1.82) is 0 Å². The van der Waals surface area contributed by atoms with Gasteiger partial charge in [0, 0.05) is 19.6 Å². The van der Waals surface area contributed by atoms with E-state index >= 15 is 0 Å². The lowest BCUT2D eigenvalue weighted by Crippen LogP contribution is -2.35. The van der Waals surface area contributed by atoms with Crippen molar-refractivity contribution in [1.82, 2.24) is 15.5 Å². The first-order valence-electron chi connectivity index (χ1n) is 7.61. The molecule has 1 atom stereocenters. The Morgan fingerprint density at radius 1 is 1.32 bits per heavy atom. The van der Waals surface area contributed by atoms with Gasteiger partial charge in [-0.05, 0) is 43.9 Å². The molecule has 0 amide bonds. The molecule has 4 nitrogen and oxygen atoms in total. The molecule has 0 radical (unpaired) electrons. The number of hydrogen-bond donors (Lipinski definition) is 1. The standard InChI is InChI=1S/C15H26N4/c1-3-9-16-11-14-7-8-15(18-17-14)19-10-5-6-13(4-2)12-19/h7-8,13,16H,3-6,9-12H2,1-2H3. The van der Waals surface area contributed by atoms with Crippen LogP contribution in [0.3, 0.4) is 0 Å². The molecule has 2 rings (SSSR count). The van der Waals surface area contributed by atoms with Crippen molar-refractivity contribution in [2.24, 2.45) is 5.92 Å². The van der Waals surface area contributed by atoms with Gasteiger partial charge in [0.1, 0.15) is 0 Å². The van der Waals surface area contributed by atoms with Gasteiger partial charge < -0.3 is 10.2 Å². The summed E-state index contributed by atoms with van der Waals surface area (Å²) < 4.78 is 0. The number of piperidine rings is 1. The van der Waals surface area contributed by atoms with E-state index in [-0.39, 0.29) is 0 Å². The second kappa shape index (κ2) is 7.43. The zero-order chi connectivity index (χ0) is 13.5. The molecule has 19 heavy (non-hydrogen) atoms. The molecule has 0 bridgehead atoms. The van der Waals surface area contributed by atoms with Crippen LogP contribution in [0.15, 0.2) is 12.1 Å². The van der Waals surface area contributed by atoms with Crippen LogP contribution in [-0.2, 0) is 6.54 Å². The fraction of sp³-hybridized carbons (Fsp3) is 0.733. The van der Waals surface area contributed by atoms with Gasteiger partial charge in [0.05, 0.1) is 5.69 Å². The van der Waals surface area contributed by atoms with Crippen molar-refractivity contribution in [2.75, 3.05) is 24.5 Å². The third kappa shape index (κ3) is 4.16. The Morgan fingerprint density at radius 2 is 2.21 bits per heavy atom. The fourth-order valence-electron chi connectivity index (χ4n) is 2.62. The highest BCUT2D eigenvalue weighted by molar-refractivity contribution is 5.37. The first kappa shape index (κ1) is 14.3.